The first kappa shape index (κ1) is 15.6. The van der Waals surface area contributed by atoms with Gasteiger partial charge in [-0.05, 0) is 24.8 Å². The van der Waals surface area contributed by atoms with Gasteiger partial charge in [-0.25, -0.2) is 0 Å². The number of morpholine rings is 1. The van der Waals surface area contributed by atoms with Gasteiger partial charge in [0.2, 0.25) is 0 Å². The average molecular weight is 315 g/mol. The molecule has 0 bridgehead atoms. The molecular formula is C19H29N3O. The lowest BCUT2D eigenvalue weighted by molar-refractivity contribution is -0.0308. The fraction of sp³-hybridized carbons (Fsp3) is 0.684. The second kappa shape index (κ2) is 7.31. The number of nitrogens with one attached hydrogen (secondary N) is 1. The topological polar surface area (TPSA) is 27.7 Å². The van der Waals surface area contributed by atoms with Gasteiger partial charge < -0.3 is 10.1 Å². The van der Waals surface area contributed by atoms with Crippen LogP contribution in [0.2, 0.25) is 0 Å². The number of hydrogen-bond acceptors (Lipinski definition) is 4. The first-order chi connectivity index (χ1) is 11.4. The molecule has 0 unspecified atom stereocenters. The van der Waals surface area contributed by atoms with E-state index in [9.17, 15) is 0 Å². The van der Waals surface area contributed by atoms with Crippen LogP contribution < -0.4 is 5.32 Å². The summed E-state index contributed by atoms with van der Waals surface area (Å²) in [7, 11) is 0. The van der Waals surface area contributed by atoms with Gasteiger partial charge in [-0.1, -0.05) is 30.3 Å². The van der Waals surface area contributed by atoms with Gasteiger partial charge in [0.1, 0.15) is 0 Å². The lowest BCUT2D eigenvalue weighted by Crippen LogP contribution is -2.48. The van der Waals surface area contributed by atoms with Crippen molar-refractivity contribution in [3.05, 3.63) is 35.9 Å². The minimum Gasteiger partial charge on any atom is -0.374 e. The van der Waals surface area contributed by atoms with E-state index >= 15 is 0 Å². The number of likely N-dealkylation sites (tertiary alicyclic amines) is 1. The second-order valence-electron chi connectivity index (χ2n) is 7.33. The van der Waals surface area contributed by atoms with Gasteiger partial charge in [0, 0.05) is 51.4 Å². The molecule has 1 aromatic rings. The summed E-state index contributed by atoms with van der Waals surface area (Å²) in [5, 5.41) is 3.76. The lowest BCUT2D eigenvalue weighted by atomic mass is 10.2. The Morgan fingerprint density at radius 2 is 1.91 bits per heavy atom. The van der Waals surface area contributed by atoms with Gasteiger partial charge in [0.25, 0.3) is 0 Å². The SMILES string of the molecule is c1ccc(CN2CCO[C@@H](CN[C@H]3CCN(C4CC4)C3)C2)cc1. The summed E-state index contributed by atoms with van der Waals surface area (Å²) in [6.45, 7) is 7.51. The predicted molar refractivity (Wildman–Crippen MR) is 92.5 cm³/mol. The highest BCUT2D eigenvalue weighted by molar-refractivity contribution is 5.14. The Kier molecular flexibility index (Phi) is 4.95. The number of benzene rings is 1. The zero-order valence-electron chi connectivity index (χ0n) is 14.0. The van der Waals surface area contributed by atoms with Crippen molar-refractivity contribution in [2.75, 3.05) is 39.3 Å². The highest BCUT2D eigenvalue weighted by Gasteiger charge is 2.34. The maximum atomic E-state index is 5.97. The van der Waals surface area contributed by atoms with Gasteiger partial charge in [-0.3, -0.25) is 9.80 Å². The molecule has 23 heavy (non-hydrogen) atoms. The van der Waals surface area contributed by atoms with E-state index in [1.54, 1.807) is 0 Å². The molecule has 4 heteroatoms. The molecule has 1 N–H and O–H groups in total. The molecule has 126 valence electrons. The highest BCUT2D eigenvalue weighted by atomic mass is 16.5. The molecule has 1 saturated carbocycles. The fourth-order valence-electron chi connectivity index (χ4n) is 3.91. The molecule has 2 heterocycles. The van der Waals surface area contributed by atoms with Crippen molar-refractivity contribution < 1.29 is 4.74 Å². The summed E-state index contributed by atoms with van der Waals surface area (Å²) in [5.74, 6) is 0. The first-order valence-corrected chi connectivity index (χ1v) is 9.22. The van der Waals surface area contributed by atoms with E-state index in [1.165, 1.54) is 37.9 Å². The molecule has 0 aromatic heterocycles. The molecule has 0 spiro atoms. The summed E-state index contributed by atoms with van der Waals surface area (Å²) in [6.07, 6.45) is 4.49. The second-order valence-corrected chi connectivity index (χ2v) is 7.33. The van der Waals surface area contributed by atoms with Crippen molar-refractivity contribution in [1.29, 1.82) is 0 Å². The van der Waals surface area contributed by atoms with E-state index in [0.717, 1.165) is 38.8 Å². The Labute approximate surface area is 139 Å². The molecule has 3 aliphatic rings. The maximum absolute atomic E-state index is 5.97. The van der Waals surface area contributed by atoms with Crippen LogP contribution in [0.1, 0.15) is 24.8 Å². The Hall–Kier alpha value is -0.940. The molecule has 1 aliphatic carbocycles. The van der Waals surface area contributed by atoms with Crippen LogP contribution in [-0.2, 0) is 11.3 Å². The summed E-state index contributed by atoms with van der Waals surface area (Å²) < 4.78 is 5.97. The molecule has 2 saturated heterocycles. The van der Waals surface area contributed by atoms with E-state index in [-0.39, 0.29) is 0 Å². The third kappa shape index (κ3) is 4.32. The molecule has 2 aliphatic heterocycles. The van der Waals surface area contributed by atoms with Gasteiger partial charge in [0.05, 0.1) is 12.7 Å². The molecular weight excluding hydrogens is 286 g/mol. The maximum Gasteiger partial charge on any atom is 0.0826 e. The normalized spacial score (nSPS) is 29.9. The van der Waals surface area contributed by atoms with E-state index in [0.29, 0.717) is 12.1 Å². The average Bonchev–Trinajstić information content (AvgIpc) is 3.33. The van der Waals surface area contributed by atoms with Crippen LogP contribution in [0, 0.1) is 0 Å². The molecule has 4 rings (SSSR count). The van der Waals surface area contributed by atoms with Crippen molar-refractivity contribution in [2.24, 2.45) is 0 Å². The third-order valence-electron chi connectivity index (χ3n) is 5.39. The minimum absolute atomic E-state index is 0.336. The van der Waals surface area contributed by atoms with Crippen LogP contribution in [0.25, 0.3) is 0 Å². The van der Waals surface area contributed by atoms with Gasteiger partial charge in [-0.15, -0.1) is 0 Å². The van der Waals surface area contributed by atoms with Crippen molar-refractivity contribution in [2.45, 2.75) is 44.0 Å². The van der Waals surface area contributed by atoms with E-state index < -0.39 is 0 Å². The zero-order chi connectivity index (χ0) is 15.5. The summed E-state index contributed by atoms with van der Waals surface area (Å²) in [6, 6.07) is 12.3. The van der Waals surface area contributed by atoms with E-state index in [1.807, 2.05) is 0 Å². The number of ether oxygens (including phenoxy) is 1. The van der Waals surface area contributed by atoms with Gasteiger partial charge in [0.15, 0.2) is 0 Å². The number of nitrogens with zero attached hydrogens (tertiary/aromatic N) is 2. The van der Waals surface area contributed by atoms with Crippen LogP contribution >= 0.6 is 0 Å². The molecule has 4 nitrogen and oxygen atoms in total. The molecule has 3 fully saturated rings. The summed E-state index contributed by atoms with van der Waals surface area (Å²) in [4.78, 5) is 5.19. The molecule has 2 atom stereocenters. The van der Waals surface area contributed by atoms with E-state index in [2.05, 4.69) is 45.4 Å². The van der Waals surface area contributed by atoms with Crippen LogP contribution in [0.3, 0.4) is 0 Å². The number of hydrogen-bond donors (Lipinski definition) is 1. The Bertz CT molecular complexity index is 491. The monoisotopic (exact) mass is 315 g/mol. The quantitative estimate of drug-likeness (QED) is 0.865. The minimum atomic E-state index is 0.336. The zero-order valence-corrected chi connectivity index (χ0v) is 14.0. The fourth-order valence-corrected chi connectivity index (χ4v) is 3.91. The van der Waals surface area contributed by atoms with Crippen LogP contribution in [0.15, 0.2) is 30.3 Å². The Morgan fingerprint density at radius 1 is 1.04 bits per heavy atom. The van der Waals surface area contributed by atoms with Gasteiger partial charge >= 0.3 is 0 Å². The first-order valence-electron chi connectivity index (χ1n) is 9.22. The summed E-state index contributed by atoms with van der Waals surface area (Å²) in [5.41, 5.74) is 1.40. The van der Waals surface area contributed by atoms with Crippen LogP contribution in [0.5, 0.6) is 0 Å². The largest absolute Gasteiger partial charge is 0.374 e. The van der Waals surface area contributed by atoms with Crippen LogP contribution in [0.4, 0.5) is 0 Å². The Balaban J connectivity index is 1.20. The van der Waals surface area contributed by atoms with Crippen LogP contribution in [-0.4, -0.2) is 67.3 Å². The molecule has 0 amide bonds. The molecule has 0 radical (unpaired) electrons. The third-order valence-corrected chi connectivity index (χ3v) is 5.39. The standard InChI is InChI=1S/C19H29N3O/c1-2-4-16(5-3-1)13-21-10-11-23-19(15-21)12-20-17-8-9-22(14-17)18-6-7-18/h1-5,17-20H,6-15H2/t17-,19-/m0/s1. The number of rotatable bonds is 6. The smallest absolute Gasteiger partial charge is 0.0826 e. The summed E-state index contributed by atoms with van der Waals surface area (Å²) >= 11 is 0. The van der Waals surface area contributed by atoms with Crippen molar-refractivity contribution in [3.8, 4) is 0 Å². The Morgan fingerprint density at radius 3 is 2.74 bits per heavy atom. The van der Waals surface area contributed by atoms with Crippen molar-refractivity contribution in [1.82, 2.24) is 15.1 Å². The molecule has 1 aromatic carbocycles. The van der Waals surface area contributed by atoms with E-state index in [4.69, 9.17) is 4.74 Å². The highest BCUT2D eigenvalue weighted by Crippen LogP contribution is 2.29. The van der Waals surface area contributed by atoms with Crippen molar-refractivity contribution in [3.63, 3.8) is 0 Å². The lowest BCUT2D eigenvalue weighted by Gasteiger charge is -2.33. The van der Waals surface area contributed by atoms with Crippen molar-refractivity contribution >= 4 is 0 Å². The van der Waals surface area contributed by atoms with Gasteiger partial charge in [-0.2, -0.15) is 0 Å². The predicted octanol–water partition coefficient (Wildman–Crippen LogP) is 1.71.